The van der Waals surface area contributed by atoms with Crippen LogP contribution in [0, 0.1) is 0 Å². The highest BCUT2D eigenvalue weighted by Gasteiger charge is 2.20. The number of benzene rings is 2. The lowest BCUT2D eigenvalue weighted by molar-refractivity contribution is 1.00. The van der Waals surface area contributed by atoms with Gasteiger partial charge in [0.2, 0.25) is 0 Å². The first-order chi connectivity index (χ1) is 11.8. The zero-order chi connectivity index (χ0) is 16.5. The Kier molecular flexibility index (Phi) is 3.95. The van der Waals surface area contributed by atoms with Gasteiger partial charge in [-0.2, -0.15) is 0 Å². The molecule has 0 aliphatic heterocycles. The standard InChI is InChI=1S/C21H20N2S/c1-3-17-19(15-11-7-5-8-12-15)22-21-23(17)20(18(4-2)24-21)16-13-9-6-10-14-16/h5-14H,3-4H2,1-2H3. The molecule has 0 saturated heterocycles. The van der Waals surface area contributed by atoms with Crippen molar-refractivity contribution in [3.63, 3.8) is 0 Å². The summed E-state index contributed by atoms with van der Waals surface area (Å²) >= 11 is 1.82. The molecule has 0 saturated carbocycles. The normalized spacial score (nSPS) is 11.2. The molecule has 3 heteroatoms. The maximum atomic E-state index is 4.99. The van der Waals surface area contributed by atoms with E-state index in [1.165, 1.54) is 27.4 Å². The Morgan fingerprint density at radius 3 is 2.04 bits per heavy atom. The average Bonchev–Trinajstić information content (AvgIpc) is 3.18. The second kappa shape index (κ2) is 6.25. The number of thiazole rings is 1. The van der Waals surface area contributed by atoms with Crippen molar-refractivity contribution in [3.8, 4) is 22.5 Å². The van der Waals surface area contributed by atoms with E-state index in [9.17, 15) is 0 Å². The first-order valence-corrected chi connectivity index (χ1v) is 9.29. The molecule has 0 bridgehead atoms. The van der Waals surface area contributed by atoms with E-state index >= 15 is 0 Å². The van der Waals surface area contributed by atoms with Crippen molar-refractivity contribution < 1.29 is 0 Å². The number of hydrogen-bond acceptors (Lipinski definition) is 2. The summed E-state index contributed by atoms with van der Waals surface area (Å²) in [6.45, 7) is 4.44. The SMILES string of the molecule is CCc1sc2nc(-c3ccccc3)c(CC)n2c1-c1ccccc1. The fraction of sp³-hybridized carbons (Fsp3) is 0.190. The Balaban J connectivity index is 2.03. The number of aromatic nitrogens is 2. The van der Waals surface area contributed by atoms with Crippen molar-refractivity contribution in [2.75, 3.05) is 0 Å². The van der Waals surface area contributed by atoms with Gasteiger partial charge in [-0.05, 0) is 18.4 Å². The van der Waals surface area contributed by atoms with Crippen molar-refractivity contribution in [1.29, 1.82) is 0 Å². The fourth-order valence-corrected chi connectivity index (χ4v) is 4.39. The topological polar surface area (TPSA) is 17.3 Å². The van der Waals surface area contributed by atoms with Gasteiger partial charge < -0.3 is 0 Å². The largest absolute Gasteiger partial charge is 0.286 e. The number of hydrogen-bond donors (Lipinski definition) is 0. The summed E-state index contributed by atoms with van der Waals surface area (Å²) in [5, 5.41) is 0. The van der Waals surface area contributed by atoms with Gasteiger partial charge in [0, 0.05) is 10.4 Å². The van der Waals surface area contributed by atoms with E-state index in [2.05, 4.69) is 78.9 Å². The molecule has 2 aromatic carbocycles. The van der Waals surface area contributed by atoms with Crippen LogP contribution in [-0.2, 0) is 12.8 Å². The Morgan fingerprint density at radius 1 is 0.833 bits per heavy atom. The summed E-state index contributed by atoms with van der Waals surface area (Å²) in [6, 6.07) is 21.2. The lowest BCUT2D eigenvalue weighted by atomic mass is 10.1. The Hall–Kier alpha value is -2.39. The maximum Gasteiger partial charge on any atom is 0.195 e. The second-order valence-corrected chi connectivity index (χ2v) is 6.90. The lowest BCUT2D eigenvalue weighted by Gasteiger charge is -2.08. The zero-order valence-electron chi connectivity index (χ0n) is 14.0. The molecule has 0 aliphatic carbocycles. The van der Waals surface area contributed by atoms with Crippen molar-refractivity contribution in [2.24, 2.45) is 0 Å². The average molecular weight is 332 g/mol. The summed E-state index contributed by atoms with van der Waals surface area (Å²) in [6.07, 6.45) is 1.99. The van der Waals surface area contributed by atoms with Crippen LogP contribution < -0.4 is 0 Å². The second-order valence-electron chi connectivity index (χ2n) is 5.84. The minimum Gasteiger partial charge on any atom is -0.286 e. The summed E-state index contributed by atoms with van der Waals surface area (Å²) in [4.78, 5) is 7.49. The quantitative estimate of drug-likeness (QED) is 0.458. The molecule has 0 fully saturated rings. The highest BCUT2D eigenvalue weighted by atomic mass is 32.1. The fourth-order valence-electron chi connectivity index (χ4n) is 3.29. The van der Waals surface area contributed by atoms with Gasteiger partial charge >= 0.3 is 0 Å². The maximum absolute atomic E-state index is 4.99. The van der Waals surface area contributed by atoms with E-state index in [-0.39, 0.29) is 0 Å². The van der Waals surface area contributed by atoms with Crippen LogP contribution in [0.25, 0.3) is 27.5 Å². The van der Waals surface area contributed by atoms with Gasteiger partial charge in [0.05, 0.1) is 17.1 Å². The predicted octanol–water partition coefficient (Wildman–Crippen LogP) is 5.85. The van der Waals surface area contributed by atoms with Crippen LogP contribution in [0.2, 0.25) is 0 Å². The molecule has 2 nitrogen and oxygen atoms in total. The highest BCUT2D eigenvalue weighted by Crippen LogP contribution is 2.37. The number of fused-ring (bicyclic) bond motifs is 1. The van der Waals surface area contributed by atoms with Crippen molar-refractivity contribution >= 4 is 16.3 Å². The minimum atomic E-state index is 0.963. The van der Waals surface area contributed by atoms with Crippen molar-refractivity contribution in [3.05, 3.63) is 71.2 Å². The van der Waals surface area contributed by atoms with Crippen molar-refractivity contribution in [1.82, 2.24) is 9.38 Å². The van der Waals surface area contributed by atoms with E-state index in [1.807, 2.05) is 11.3 Å². The van der Waals surface area contributed by atoms with E-state index < -0.39 is 0 Å². The molecule has 24 heavy (non-hydrogen) atoms. The summed E-state index contributed by atoms with van der Waals surface area (Å²) in [5.41, 5.74) is 6.19. The molecule has 120 valence electrons. The van der Waals surface area contributed by atoms with E-state index in [4.69, 9.17) is 4.98 Å². The van der Waals surface area contributed by atoms with Crippen LogP contribution in [0.15, 0.2) is 60.7 Å². The number of imidazole rings is 1. The molecule has 0 aliphatic rings. The molecule has 0 spiro atoms. The van der Waals surface area contributed by atoms with E-state index in [0.29, 0.717) is 0 Å². The van der Waals surface area contributed by atoms with Crippen LogP contribution in [0.1, 0.15) is 24.4 Å². The number of nitrogens with zero attached hydrogens (tertiary/aromatic N) is 2. The monoisotopic (exact) mass is 332 g/mol. The molecule has 2 aromatic heterocycles. The molecule has 4 rings (SSSR count). The highest BCUT2D eigenvalue weighted by molar-refractivity contribution is 7.17. The Bertz CT molecular complexity index is 965. The summed E-state index contributed by atoms with van der Waals surface area (Å²) < 4.78 is 2.38. The van der Waals surface area contributed by atoms with Crippen LogP contribution in [0.4, 0.5) is 0 Å². The molecular formula is C21H20N2S. The number of rotatable bonds is 4. The number of aryl methyl sites for hydroxylation is 2. The minimum absolute atomic E-state index is 0.963. The first-order valence-electron chi connectivity index (χ1n) is 8.47. The Morgan fingerprint density at radius 2 is 1.46 bits per heavy atom. The molecule has 0 atom stereocenters. The molecule has 0 N–H and O–H groups in total. The third-order valence-electron chi connectivity index (χ3n) is 4.39. The van der Waals surface area contributed by atoms with Gasteiger partial charge in [0.1, 0.15) is 0 Å². The summed E-state index contributed by atoms with van der Waals surface area (Å²) in [5.74, 6) is 0. The smallest absolute Gasteiger partial charge is 0.195 e. The molecule has 0 amide bonds. The molecule has 2 heterocycles. The molecular weight excluding hydrogens is 312 g/mol. The van der Waals surface area contributed by atoms with Crippen LogP contribution in [-0.4, -0.2) is 9.38 Å². The van der Waals surface area contributed by atoms with Gasteiger partial charge in [-0.15, -0.1) is 11.3 Å². The third kappa shape index (κ3) is 2.36. The van der Waals surface area contributed by atoms with Gasteiger partial charge in [-0.3, -0.25) is 4.40 Å². The first kappa shape index (κ1) is 15.2. The van der Waals surface area contributed by atoms with Crippen LogP contribution in [0.5, 0.6) is 0 Å². The van der Waals surface area contributed by atoms with Gasteiger partial charge in [-0.1, -0.05) is 74.5 Å². The van der Waals surface area contributed by atoms with Crippen molar-refractivity contribution in [2.45, 2.75) is 26.7 Å². The van der Waals surface area contributed by atoms with Gasteiger partial charge in [0.25, 0.3) is 0 Å². The molecule has 4 aromatic rings. The van der Waals surface area contributed by atoms with Gasteiger partial charge in [-0.25, -0.2) is 4.98 Å². The van der Waals surface area contributed by atoms with E-state index in [1.54, 1.807) is 0 Å². The predicted molar refractivity (Wildman–Crippen MR) is 103 cm³/mol. The van der Waals surface area contributed by atoms with E-state index in [0.717, 1.165) is 23.5 Å². The van der Waals surface area contributed by atoms with Gasteiger partial charge in [0.15, 0.2) is 4.96 Å². The Labute approximate surface area is 146 Å². The van der Waals surface area contributed by atoms with Crippen LogP contribution >= 0.6 is 11.3 Å². The molecule has 0 radical (unpaired) electrons. The third-order valence-corrected chi connectivity index (χ3v) is 5.58. The molecule has 0 unspecified atom stereocenters. The summed E-state index contributed by atoms with van der Waals surface area (Å²) in [7, 11) is 0. The lowest BCUT2D eigenvalue weighted by Crippen LogP contribution is -1.96. The van der Waals surface area contributed by atoms with Crippen LogP contribution in [0.3, 0.4) is 0 Å². The zero-order valence-corrected chi connectivity index (χ0v) is 14.8.